The summed E-state index contributed by atoms with van der Waals surface area (Å²) in [6, 6.07) is 10.5. The van der Waals surface area contributed by atoms with Crippen LogP contribution < -0.4 is 0 Å². The lowest BCUT2D eigenvalue weighted by molar-refractivity contribution is 0.277. The lowest BCUT2D eigenvalue weighted by Crippen LogP contribution is -1.83. The summed E-state index contributed by atoms with van der Waals surface area (Å²) in [6.07, 6.45) is 0. The van der Waals surface area contributed by atoms with Gasteiger partial charge in [0.25, 0.3) is 0 Å². The molecule has 0 radical (unpaired) electrons. The predicted molar refractivity (Wildman–Crippen MR) is 53.5 cm³/mol. The van der Waals surface area contributed by atoms with Crippen LogP contribution in [0.1, 0.15) is 25.3 Å². The summed E-state index contributed by atoms with van der Waals surface area (Å²) in [5, 5.41) is 0. The second-order valence-corrected chi connectivity index (χ2v) is 2.97. The quantitative estimate of drug-likeness (QED) is 0.623. The Bertz CT molecular complexity index is 179. The van der Waals surface area contributed by atoms with E-state index in [1.165, 1.54) is 5.56 Å². The van der Waals surface area contributed by atoms with Crippen LogP contribution in [0.2, 0.25) is 0 Å². The van der Waals surface area contributed by atoms with Gasteiger partial charge in [0.1, 0.15) is 0 Å². The van der Waals surface area contributed by atoms with E-state index in [0.717, 1.165) is 0 Å². The molecule has 1 aromatic carbocycles. The number of benzene rings is 1. The summed E-state index contributed by atoms with van der Waals surface area (Å²) in [4.78, 5) is 0. The van der Waals surface area contributed by atoms with Crippen LogP contribution in [0, 0.1) is 0 Å². The standard InChI is InChI=1S/C9H12.C2H6O/c1-8(2)9-6-4-3-5-7-9;1-3-2/h3-8H,1-2H3;1-2H3. The van der Waals surface area contributed by atoms with E-state index in [-0.39, 0.29) is 0 Å². The van der Waals surface area contributed by atoms with E-state index in [9.17, 15) is 0 Å². The normalized spacial score (nSPS) is 9.08. The molecule has 0 amide bonds. The van der Waals surface area contributed by atoms with Gasteiger partial charge in [-0.2, -0.15) is 0 Å². The third kappa shape index (κ3) is 4.91. The smallest absolute Gasteiger partial charge is 0.0351 e. The summed E-state index contributed by atoms with van der Waals surface area (Å²) < 4.78 is 4.25. The first kappa shape index (κ1) is 11.2. The predicted octanol–water partition coefficient (Wildman–Crippen LogP) is 3.07. The molecule has 0 aliphatic rings. The molecule has 0 unspecified atom stereocenters. The summed E-state index contributed by atoms with van der Waals surface area (Å²) in [7, 11) is 3.25. The average molecular weight is 166 g/mol. The number of hydrogen-bond acceptors (Lipinski definition) is 1. The van der Waals surface area contributed by atoms with Crippen LogP contribution in [0.5, 0.6) is 0 Å². The first-order valence-electron chi connectivity index (χ1n) is 4.17. The van der Waals surface area contributed by atoms with Crippen LogP contribution >= 0.6 is 0 Å². The van der Waals surface area contributed by atoms with Gasteiger partial charge in [-0.3, -0.25) is 0 Å². The molecule has 12 heavy (non-hydrogen) atoms. The third-order valence-corrected chi connectivity index (χ3v) is 1.47. The minimum Gasteiger partial charge on any atom is -0.388 e. The highest BCUT2D eigenvalue weighted by atomic mass is 16.4. The monoisotopic (exact) mass is 166 g/mol. The summed E-state index contributed by atoms with van der Waals surface area (Å²) >= 11 is 0. The van der Waals surface area contributed by atoms with E-state index in [1.54, 1.807) is 14.2 Å². The topological polar surface area (TPSA) is 9.23 Å². The second-order valence-electron chi connectivity index (χ2n) is 2.97. The van der Waals surface area contributed by atoms with Crippen LogP contribution in [0.4, 0.5) is 0 Å². The molecule has 0 spiro atoms. The molecule has 0 saturated heterocycles. The van der Waals surface area contributed by atoms with Gasteiger partial charge in [-0.25, -0.2) is 0 Å². The Morgan fingerprint density at radius 2 is 1.42 bits per heavy atom. The molecule has 0 fully saturated rings. The van der Waals surface area contributed by atoms with Crippen LogP contribution in [0.25, 0.3) is 0 Å². The SMILES string of the molecule is CC(C)c1ccccc1.COC. The van der Waals surface area contributed by atoms with Gasteiger partial charge in [-0.05, 0) is 11.5 Å². The van der Waals surface area contributed by atoms with E-state index >= 15 is 0 Å². The van der Waals surface area contributed by atoms with Gasteiger partial charge < -0.3 is 4.74 Å². The lowest BCUT2D eigenvalue weighted by atomic mass is 10.0. The molecule has 0 N–H and O–H groups in total. The molecular weight excluding hydrogens is 148 g/mol. The van der Waals surface area contributed by atoms with Gasteiger partial charge in [-0.1, -0.05) is 44.2 Å². The molecule has 0 bridgehead atoms. The molecule has 68 valence electrons. The van der Waals surface area contributed by atoms with Crippen LogP contribution in [-0.2, 0) is 4.74 Å². The average Bonchev–Trinajstić information content (AvgIpc) is 2.07. The van der Waals surface area contributed by atoms with Crippen molar-refractivity contribution in [2.24, 2.45) is 0 Å². The molecule has 0 atom stereocenters. The van der Waals surface area contributed by atoms with Crippen molar-refractivity contribution in [1.29, 1.82) is 0 Å². The largest absolute Gasteiger partial charge is 0.388 e. The molecule has 0 aliphatic carbocycles. The van der Waals surface area contributed by atoms with Gasteiger partial charge in [0.15, 0.2) is 0 Å². The molecule has 0 aromatic heterocycles. The Morgan fingerprint density at radius 3 is 1.67 bits per heavy atom. The van der Waals surface area contributed by atoms with Crippen molar-refractivity contribution in [3.8, 4) is 0 Å². The minimum absolute atomic E-state index is 0.659. The van der Waals surface area contributed by atoms with Gasteiger partial charge in [-0.15, -0.1) is 0 Å². The van der Waals surface area contributed by atoms with Crippen LogP contribution in [-0.4, -0.2) is 14.2 Å². The maximum atomic E-state index is 4.25. The molecule has 1 rings (SSSR count). The Balaban J connectivity index is 0.000000354. The Hall–Kier alpha value is -0.820. The Morgan fingerprint density at radius 1 is 1.00 bits per heavy atom. The van der Waals surface area contributed by atoms with E-state index in [0.29, 0.717) is 5.92 Å². The lowest BCUT2D eigenvalue weighted by Gasteiger charge is -2.01. The van der Waals surface area contributed by atoms with Crippen molar-refractivity contribution in [2.45, 2.75) is 19.8 Å². The van der Waals surface area contributed by atoms with E-state index in [2.05, 4.69) is 42.8 Å². The highest BCUT2D eigenvalue weighted by molar-refractivity contribution is 5.17. The molecule has 0 saturated carbocycles. The summed E-state index contributed by atoms with van der Waals surface area (Å²) in [6.45, 7) is 4.41. The van der Waals surface area contributed by atoms with E-state index < -0.39 is 0 Å². The number of methoxy groups -OCH3 is 1. The number of ether oxygens (including phenoxy) is 1. The summed E-state index contributed by atoms with van der Waals surface area (Å²) in [5.74, 6) is 0.659. The van der Waals surface area contributed by atoms with Gasteiger partial charge in [0.2, 0.25) is 0 Å². The maximum Gasteiger partial charge on any atom is 0.0351 e. The van der Waals surface area contributed by atoms with Gasteiger partial charge >= 0.3 is 0 Å². The van der Waals surface area contributed by atoms with E-state index in [1.807, 2.05) is 6.07 Å². The second kappa shape index (κ2) is 6.86. The zero-order chi connectivity index (χ0) is 9.40. The van der Waals surface area contributed by atoms with Crippen LogP contribution in [0.15, 0.2) is 30.3 Å². The minimum atomic E-state index is 0.659. The molecule has 1 aromatic rings. The molecule has 1 heteroatoms. The van der Waals surface area contributed by atoms with Gasteiger partial charge in [0, 0.05) is 14.2 Å². The summed E-state index contributed by atoms with van der Waals surface area (Å²) in [5.41, 5.74) is 1.41. The fourth-order valence-electron chi connectivity index (χ4n) is 0.838. The number of rotatable bonds is 1. The van der Waals surface area contributed by atoms with E-state index in [4.69, 9.17) is 0 Å². The highest BCUT2D eigenvalue weighted by Gasteiger charge is 1.93. The molecule has 1 nitrogen and oxygen atoms in total. The van der Waals surface area contributed by atoms with Crippen LogP contribution in [0.3, 0.4) is 0 Å². The zero-order valence-corrected chi connectivity index (χ0v) is 8.37. The van der Waals surface area contributed by atoms with Crippen molar-refractivity contribution in [3.63, 3.8) is 0 Å². The van der Waals surface area contributed by atoms with Gasteiger partial charge in [0.05, 0.1) is 0 Å². The Labute approximate surface area is 75.4 Å². The third-order valence-electron chi connectivity index (χ3n) is 1.47. The number of hydrogen-bond donors (Lipinski definition) is 0. The molecule has 0 heterocycles. The van der Waals surface area contributed by atoms with Crippen molar-refractivity contribution < 1.29 is 4.74 Å². The molecular formula is C11H18O. The van der Waals surface area contributed by atoms with Crippen molar-refractivity contribution >= 4 is 0 Å². The Kier molecular flexibility index (Phi) is 6.39. The van der Waals surface area contributed by atoms with Crippen molar-refractivity contribution in [1.82, 2.24) is 0 Å². The zero-order valence-electron chi connectivity index (χ0n) is 8.37. The molecule has 0 aliphatic heterocycles. The fourth-order valence-corrected chi connectivity index (χ4v) is 0.838. The maximum absolute atomic E-state index is 4.25. The first-order chi connectivity index (χ1) is 5.72. The van der Waals surface area contributed by atoms with Crippen molar-refractivity contribution in [2.75, 3.05) is 14.2 Å². The highest BCUT2D eigenvalue weighted by Crippen LogP contribution is 2.11. The first-order valence-corrected chi connectivity index (χ1v) is 4.17. The van der Waals surface area contributed by atoms with Crippen molar-refractivity contribution in [3.05, 3.63) is 35.9 Å². The fraction of sp³-hybridized carbons (Fsp3) is 0.455.